The summed E-state index contributed by atoms with van der Waals surface area (Å²) >= 11 is 0. The van der Waals surface area contributed by atoms with Crippen LogP contribution in [0.4, 0.5) is 0 Å². The number of sulfone groups is 1. The highest BCUT2D eigenvalue weighted by atomic mass is 32.2. The van der Waals surface area contributed by atoms with Crippen LogP contribution >= 0.6 is 0 Å². The zero-order valence-corrected chi connectivity index (χ0v) is 13.3. The zero-order valence-electron chi connectivity index (χ0n) is 11.7. The minimum Gasteiger partial charge on any atom is -0.326 e. The van der Waals surface area contributed by atoms with Gasteiger partial charge in [0.2, 0.25) is 10.0 Å². The Morgan fingerprint density at radius 3 is 2.67 bits per heavy atom. The molecular formula is C13H20N2O4S2. The molecule has 2 rings (SSSR count). The van der Waals surface area contributed by atoms with Crippen LogP contribution < -0.4 is 10.5 Å². The number of hydrogen-bond donors (Lipinski definition) is 2. The van der Waals surface area contributed by atoms with Crippen molar-refractivity contribution >= 4 is 19.9 Å². The lowest BCUT2D eigenvalue weighted by Gasteiger charge is -2.22. The molecule has 8 heteroatoms. The molecule has 1 aromatic rings. The quantitative estimate of drug-likeness (QED) is 0.798. The van der Waals surface area contributed by atoms with E-state index in [1.165, 1.54) is 0 Å². The summed E-state index contributed by atoms with van der Waals surface area (Å²) in [5, 5.41) is 0. The molecule has 0 saturated carbocycles. The largest absolute Gasteiger partial charge is 0.326 e. The number of nitrogens with two attached hydrogens (primary N) is 1. The minimum atomic E-state index is -3.56. The Bertz CT molecular complexity index is 699. The van der Waals surface area contributed by atoms with Crippen LogP contribution in [-0.2, 0) is 32.2 Å². The molecule has 0 spiro atoms. The van der Waals surface area contributed by atoms with Crippen LogP contribution in [0.1, 0.15) is 24.0 Å². The third kappa shape index (κ3) is 5.06. The first-order valence-electron chi connectivity index (χ1n) is 6.78. The number of nitrogens with one attached hydrogen (secondary N) is 1. The molecule has 1 fully saturated rings. The Labute approximate surface area is 125 Å². The van der Waals surface area contributed by atoms with Gasteiger partial charge >= 0.3 is 0 Å². The monoisotopic (exact) mass is 332 g/mol. The van der Waals surface area contributed by atoms with E-state index in [0.717, 1.165) is 5.56 Å². The first-order valence-corrected chi connectivity index (χ1v) is 10.3. The van der Waals surface area contributed by atoms with Gasteiger partial charge in [0.25, 0.3) is 0 Å². The highest BCUT2D eigenvalue weighted by Crippen LogP contribution is 2.14. The van der Waals surface area contributed by atoms with E-state index < -0.39 is 25.9 Å². The highest BCUT2D eigenvalue weighted by Gasteiger charge is 2.28. The maximum Gasteiger partial charge on any atom is 0.216 e. The van der Waals surface area contributed by atoms with Gasteiger partial charge in [-0.2, -0.15) is 0 Å². The van der Waals surface area contributed by atoms with Crippen molar-refractivity contribution in [2.24, 2.45) is 5.73 Å². The third-order valence-electron chi connectivity index (χ3n) is 3.39. The molecule has 1 aliphatic heterocycles. The van der Waals surface area contributed by atoms with E-state index in [0.29, 0.717) is 24.9 Å². The van der Waals surface area contributed by atoms with Crippen molar-refractivity contribution in [3.8, 4) is 0 Å². The second-order valence-corrected chi connectivity index (χ2v) is 9.34. The van der Waals surface area contributed by atoms with Gasteiger partial charge in [0.05, 0.1) is 17.3 Å². The number of benzene rings is 1. The second-order valence-electron chi connectivity index (χ2n) is 5.35. The van der Waals surface area contributed by atoms with Crippen LogP contribution in [0, 0.1) is 0 Å². The molecule has 0 aliphatic carbocycles. The molecule has 118 valence electrons. The van der Waals surface area contributed by atoms with E-state index in [1.54, 1.807) is 18.2 Å². The van der Waals surface area contributed by atoms with Crippen molar-refractivity contribution in [3.05, 3.63) is 35.4 Å². The lowest BCUT2D eigenvalue weighted by Crippen LogP contribution is -2.43. The van der Waals surface area contributed by atoms with Gasteiger partial charge in [0.1, 0.15) is 0 Å². The highest BCUT2D eigenvalue weighted by molar-refractivity contribution is 7.91. The van der Waals surface area contributed by atoms with Gasteiger partial charge < -0.3 is 5.73 Å². The summed E-state index contributed by atoms with van der Waals surface area (Å²) < 4.78 is 49.9. The van der Waals surface area contributed by atoms with Gasteiger partial charge in [-0.25, -0.2) is 21.6 Å². The summed E-state index contributed by atoms with van der Waals surface area (Å²) in [4.78, 5) is 0. The van der Waals surface area contributed by atoms with Crippen LogP contribution in [-0.4, -0.2) is 34.4 Å². The molecule has 1 unspecified atom stereocenters. The van der Waals surface area contributed by atoms with Gasteiger partial charge in [0.15, 0.2) is 9.84 Å². The Morgan fingerprint density at radius 1 is 1.29 bits per heavy atom. The third-order valence-corrected chi connectivity index (χ3v) is 6.62. The molecular weight excluding hydrogens is 312 g/mol. The van der Waals surface area contributed by atoms with Crippen molar-refractivity contribution in [2.45, 2.75) is 31.2 Å². The summed E-state index contributed by atoms with van der Waals surface area (Å²) in [6.07, 6.45) is 1.06. The molecule has 1 aliphatic rings. The fourth-order valence-electron chi connectivity index (χ4n) is 2.48. The van der Waals surface area contributed by atoms with Crippen molar-refractivity contribution in [1.82, 2.24) is 4.72 Å². The lowest BCUT2D eigenvalue weighted by molar-refractivity contribution is 0.517. The summed E-state index contributed by atoms with van der Waals surface area (Å²) in [6, 6.07) is 6.54. The standard InChI is InChI=1S/C13H20N2O4S2/c14-8-11-3-1-4-12(7-11)9-21(18,19)15-13-5-2-6-20(16,17)10-13/h1,3-4,7,13,15H,2,5-6,8-10,14H2. The van der Waals surface area contributed by atoms with Crippen LogP contribution in [0.15, 0.2) is 24.3 Å². The van der Waals surface area contributed by atoms with E-state index in [1.807, 2.05) is 6.07 Å². The Hall–Kier alpha value is -0.960. The van der Waals surface area contributed by atoms with Crippen molar-refractivity contribution < 1.29 is 16.8 Å². The number of sulfonamides is 1. The summed E-state index contributed by atoms with van der Waals surface area (Å²) in [5.41, 5.74) is 7.04. The second kappa shape index (κ2) is 6.43. The Balaban J connectivity index is 2.04. The maximum atomic E-state index is 12.1. The van der Waals surface area contributed by atoms with E-state index in [9.17, 15) is 16.8 Å². The smallest absolute Gasteiger partial charge is 0.216 e. The maximum absolute atomic E-state index is 12.1. The van der Waals surface area contributed by atoms with Gasteiger partial charge in [-0.1, -0.05) is 24.3 Å². The minimum absolute atomic E-state index is 0.116. The molecule has 1 atom stereocenters. The van der Waals surface area contributed by atoms with Crippen molar-refractivity contribution in [1.29, 1.82) is 0 Å². The molecule has 0 amide bonds. The molecule has 1 heterocycles. The van der Waals surface area contributed by atoms with E-state index in [4.69, 9.17) is 5.73 Å². The molecule has 1 saturated heterocycles. The van der Waals surface area contributed by atoms with Crippen molar-refractivity contribution in [2.75, 3.05) is 11.5 Å². The topological polar surface area (TPSA) is 106 Å². The lowest BCUT2D eigenvalue weighted by atomic mass is 10.1. The molecule has 0 radical (unpaired) electrons. The molecule has 21 heavy (non-hydrogen) atoms. The van der Waals surface area contributed by atoms with Crippen LogP contribution in [0.5, 0.6) is 0 Å². The molecule has 3 N–H and O–H groups in total. The first kappa shape index (κ1) is 16.4. The fourth-order valence-corrected chi connectivity index (χ4v) is 5.63. The normalized spacial score (nSPS) is 22.0. The first-order chi connectivity index (χ1) is 9.80. The van der Waals surface area contributed by atoms with Gasteiger partial charge in [-0.05, 0) is 24.0 Å². The fraction of sp³-hybridized carbons (Fsp3) is 0.538. The van der Waals surface area contributed by atoms with E-state index >= 15 is 0 Å². The zero-order chi connectivity index (χ0) is 15.5. The summed E-state index contributed by atoms with van der Waals surface area (Å²) in [5.74, 6) is -0.143. The molecule has 1 aromatic carbocycles. The van der Waals surface area contributed by atoms with Crippen LogP contribution in [0.3, 0.4) is 0 Å². The summed E-state index contributed by atoms with van der Waals surface area (Å²) in [6.45, 7) is 0.349. The van der Waals surface area contributed by atoms with E-state index in [2.05, 4.69) is 4.72 Å². The van der Waals surface area contributed by atoms with Crippen molar-refractivity contribution in [3.63, 3.8) is 0 Å². The average molecular weight is 332 g/mol. The van der Waals surface area contributed by atoms with E-state index in [-0.39, 0.29) is 17.3 Å². The van der Waals surface area contributed by atoms with Gasteiger partial charge in [0, 0.05) is 12.6 Å². The Kier molecular flexibility index (Phi) is 5.03. The Morgan fingerprint density at radius 2 is 2.00 bits per heavy atom. The SMILES string of the molecule is NCc1cccc(CS(=O)(=O)NC2CCCS(=O)(=O)C2)c1. The molecule has 0 bridgehead atoms. The number of hydrogen-bond acceptors (Lipinski definition) is 5. The molecule has 6 nitrogen and oxygen atoms in total. The predicted octanol–water partition coefficient (Wildman–Crippen LogP) is 0.142. The molecule has 0 aromatic heterocycles. The van der Waals surface area contributed by atoms with Crippen LogP contribution in [0.25, 0.3) is 0 Å². The van der Waals surface area contributed by atoms with Gasteiger partial charge in [-0.3, -0.25) is 0 Å². The number of rotatable bonds is 5. The predicted molar refractivity (Wildman–Crippen MR) is 81.8 cm³/mol. The average Bonchev–Trinajstić information content (AvgIpc) is 2.36. The van der Waals surface area contributed by atoms with Crippen LogP contribution in [0.2, 0.25) is 0 Å². The van der Waals surface area contributed by atoms with Gasteiger partial charge in [-0.15, -0.1) is 0 Å². The summed E-state index contributed by atoms with van der Waals surface area (Å²) in [7, 11) is -6.70.